The normalized spacial score (nSPS) is 51.3. The van der Waals surface area contributed by atoms with Crippen LogP contribution in [0.3, 0.4) is 0 Å². The van der Waals surface area contributed by atoms with E-state index in [2.05, 4.69) is 0 Å². The van der Waals surface area contributed by atoms with Crippen molar-refractivity contribution in [2.75, 3.05) is 26.9 Å². The zero-order chi connectivity index (χ0) is 26.0. The van der Waals surface area contributed by atoms with E-state index in [0.717, 1.165) is 0 Å². The maximum atomic E-state index is 10.5. The molecule has 0 spiro atoms. The van der Waals surface area contributed by atoms with Gasteiger partial charge in [0.2, 0.25) is 0 Å². The minimum Gasteiger partial charge on any atom is -0.394 e. The van der Waals surface area contributed by atoms with Gasteiger partial charge in [-0.15, -0.1) is 0 Å². The summed E-state index contributed by atoms with van der Waals surface area (Å²) < 4.78 is 32.0. The molecule has 3 fully saturated rings. The summed E-state index contributed by atoms with van der Waals surface area (Å²) in [4.78, 5) is 0. The number of aliphatic hydroxyl groups excluding tert-OH is 10. The molecule has 0 aliphatic carbocycles. The quantitative estimate of drug-likeness (QED) is 0.143. The Morgan fingerprint density at radius 3 is 1.74 bits per heavy atom. The van der Waals surface area contributed by atoms with Crippen LogP contribution in [-0.2, 0) is 28.4 Å². The molecule has 0 aromatic rings. The van der Waals surface area contributed by atoms with Gasteiger partial charge in [0.15, 0.2) is 18.9 Å². The zero-order valence-corrected chi connectivity index (χ0v) is 18.7. The van der Waals surface area contributed by atoms with Gasteiger partial charge in [-0.05, 0) is 0 Å². The van der Waals surface area contributed by atoms with Gasteiger partial charge in [-0.1, -0.05) is 0 Å². The second-order valence-corrected chi connectivity index (χ2v) is 8.58. The average Bonchev–Trinajstić information content (AvgIpc) is 2.85. The molecular weight excluding hydrogens is 484 g/mol. The van der Waals surface area contributed by atoms with Gasteiger partial charge < -0.3 is 79.5 Å². The van der Waals surface area contributed by atoms with Gasteiger partial charge in [-0.3, -0.25) is 0 Å². The number of methoxy groups -OCH3 is 1. The van der Waals surface area contributed by atoms with Crippen molar-refractivity contribution in [2.24, 2.45) is 0 Å². The Balaban J connectivity index is 1.70. The van der Waals surface area contributed by atoms with Crippen molar-refractivity contribution in [2.45, 2.75) is 92.1 Å². The van der Waals surface area contributed by atoms with E-state index in [4.69, 9.17) is 28.4 Å². The molecule has 0 aromatic carbocycles. The number of hydrogen-bond donors (Lipinski definition) is 10. The van der Waals surface area contributed by atoms with Crippen molar-refractivity contribution in [3.63, 3.8) is 0 Å². The van der Waals surface area contributed by atoms with E-state index < -0.39 is 112 Å². The van der Waals surface area contributed by atoms with E-state index in [1.54, 1.807) is 0 Å². The summed E-state index contributed by atoms with van der Waals surface area (Å²) in [6.45, 7) is -1.88. The molecule has 16 heteroatoms. The van der Waals surface area contributed by atoms with Gasteiger partial charge in [0.05, 0.1) is 19.8 Å². The fraction of sp³-hybridized carbons (Fsp3) is 1.00. The van der Waals surface area contributed by atoms with Crippen molar-refractivity contribution in [1.29, 1.82) is 0 Å². The maximum absolute atomic E-state index is 10.5. The highest BCUT2D eigenvalue weighted by atomic mass is 16.7. The Morgan fingerprint density at radius 1 is 0.571 bits per heavy atom. The van der Waals surface area contributed by atoms with Gasteiger partial charge in [-0.25, -0.2) is 0 Å². The van der Waals surface area contributed by atoms with Crippen molar-refractivity contribution in [1.82, 2.24) is 0 Å². The lowest BCUT2D eigenvalue weighted by Gasteiger charge is -2.46. The van der Waals surface area contributed by atoms with E-state index in [0.29, 0.717) is 0 Å². The minimum absolute atomic E-state index is 0.473. The van der Waals surface area contributed by atoms with Crippen LogP contribution in [0, 0.1) is 0 Å². The summed E-state index contributed by atoms with van der Waals surface area (Å²) >= 11 is 0. The SMILES string of the molecule is CO[C@@H]1C(CO[C@H]2OC(CO)[C@H](O)[C@H](O)C2O)O[C@@H](O[C@H]2C(O)C(O)[C@H](O)O[C@H]2CO)C(O)[C@H]1O. The lowest BCUT2D eigenvalue weighted by Crippen LogP contribution is -2.65. The molecule has 0 radical (unpaired) electrons. The van der Waals surface area contributed by atoms with Crippen molar-refractivity contribution in [3.05, 3.63) is 0 Å². The lowest BCUT2D eigenvalue weighted by atomic mass is 9.96. The summed E-state index contributed by atoms with van der Waals surface area (Å²) in [7, 11) is 1.21. The van der Waals surface area contributed by atoms with Crippen molar-refractivity contribution in [3.8, 4) is 0 Å². The molecule has 15 atom stereocenters. The van der Waals surface area contributed by atoms with Crippen LogP contribution in [0.1, 0.15) is 0 Å². The van der Waals surface area contributed by atoms with Crippen LogP contribution in [-0.4, -0.2) is 170 Å². The van der Waals surface area contributed by atoms with Gasteiger partial charge >= 0.3 is 0 Å². The molecule has 6 unspecified atom stereocenters. The Kier molecular flexibility index (Phi) is 10.1. The topological polar surface area (TPSA) is 258 Å². The highest BCUT2D eigenvalue weighted by Crippen LogP contribution is 2.30. The van der Waals surface area contributed by atoms with E-state index in [9.17, 15) is 51.1 Å². The van der Waals surface area contributed by atoms with Gasteiger partial charge in [0, 0.05) is 7.11 Å². The first kappa shape index (κ1) is 28.9. The van der Waals surface area contributed by atoms with Crippen molar-refractivity contribution < 1.29 is 79.5 Å². The third-order valence-electron chi connectivity index (χ3n) is 6.32. The maximum Gasteiger partial charge on any atom is 0.187 e. The Bertz CT molecular complexity index is 652. The Labute approximate surface area is 199 Å². The predicted octanol–water partition coefficient (Wildman–Crippen LogP) is -6.92. The van der Waals surface area contributed by atoms with Crippen LogP contribution in [0.4, 0.5) is 0 Å². The molecule has 16 nitrogen and oxygen atoms in total. The van der Waals surface area contributed by atoms with Crippen LogP contribution >= 0.6 is 0 Å². The molecular formula is C19H34O16. The first-order valence-electron chi connectivity index (χ1n) is 11.0. The third kappa shape index (κ3) is 5.93. The smallest absolute Gasteiger partial charge is 0.187 e. The molecule has 0 saturated carbocycles. The largest absolute Gasteiger partial charge is 0.394 e. The van der Waals surface area contributed by atoms with Crippen LogP contribution in [0.15, 0.2) is 0 Å². The van der Waals surface area contributed by atoms with E-state index in [-0.39, 0.29) is 0 Å². The van der Waals surface area contributed by atoms with Gasteiger partial charge in [-0.2, -0.15) is 0 Å². The van der Waals surface area contributed by atoms with E-state index >= 15 is 0 Å². The Morgan fingerprint density at radius 2 is 1.14 bits per heavy atom. The standard InChI is InChI=1S/C19H34O16/c1-30-15-7(4-31-18-13(27)9(23)8(22)5(2-20)33-18)34-19(14(28)11(15)25)35-16-6(3-21)32-17(29)12(26)10(16)24/h5-29H,2-4H2,1H3/t5?,6-,7?,8-,9-,10?,11+,12?,13?,14?,15+,16+,17+,18-,19-/m0/s1. The second kappa shape index (κ2) is 12.3. The monoisotopic (exact) mass is 518 g/mol. The lowest BCUT2D eigenvalue weighted by molar-refractivity contribution is -0.363. The molecule has 0 bridgehead atoms. The highest BCUT2D eigenvalue weighted by molar-refractivity contribution is 4.95. The molecule has 0 aromatic heterocycles. The van der Waals surface area contributed by atoms with Crippen LogP contribution in [0.25, 0.3) is 0 Å². The number of ether oxygens (including phenoxy) is 6. The number of hydrogen-bond acceptors (Lipinski definition) is 16. The minimum atomic E-state index is -1.80. The summed E-state index contributed by atoms with van der Waals surface area (Å²) in [5, 5.41) is 99.5. The molecule has 3 aliphatic heterocycles. The van der Waals surface area contributed by atoms with Crippen LogP contribution < -0.4 is 0 Å². The zero-order valence-electron chi connectivity index (χ0n) is 18.7. The van der Waals surface area contributed by atoms with Crippen molar-refractivity contribution >= 4 is 0 Å². The van der Waals surface area contributed by atoms with Gasteiger partial charge in [0.25, 0.3) is 0 Å². The average molecular weight is 518 g/mol. The number of aliphatic hydroxyl groups is 10. The first-order chi connectivity index (χ1) is 16.5. The molecule has 0 amide bonds. The van der Waals surface area contributed by atoms with Crippen LogP contribution in [0.2, 0.25) is 0 Å². The number of rotatable bonds is 8. The molecule has 3 saturated heterocycles. The molecule has 3 heterocycles. The molecule has 3 aliphatic rings. The predicted molar refractivity (Wildman–Crippen MR) is 106 cm³/mol. The fourth-order valence-electron chi connectivity index (χ4n) is 4.23. The summed E-state index contributed by atoms with van der Waals surface area (Å²) in [5.74, 6) is 0. The summed E-state index contributed by atoms with van der Waals surface area (Å²) in [6, 6.07) is 0. The molecule has 3 rings (SSSR count). The molecule has 206 valence electrons. The molecule has 10 N–H and O–H groups in total. The van der Waals surface area contributed by atoms with E-state index in [1.807, 2.05) is 0 Å². The second-order valence-electron chi connectivity index (χ2n) is 8.58. The Hall–Kier alpha value is -0.640. The summed E-state index contributed by atoms with van der Waals surface area (Å²) in [5.41, 5.74) is 0. The highest BCUT2D eigenvalue weighted by Gasteiger charge is 2.51. The molecule has 35 heavy (non-hydrogen) atoms. The third-order valence-corrected chi connectivity index (χ3v) is 6.32. The van der Waals surface area contributed by atoms with E-state index in [1.165, 1.54) is 7.11 Å². The van der Waals surface area contributed by atoms with Gasteiger partial charge in [0.1, 0.15) is 73.2 Å². The fourth-order valence-corrected chi connectivity index (χ4v) is 4.23. The summed E-state index contributed by atoms with van der Waals surface area (Å²) in [6.07, 6.45) is -23.3. The van der Waals surface area contributed by atoms with Crippen LogP contribution in [0.5, 0.6) is 0 Å². The first-order valence-corrected chi connectivity index (χ1v) is 11.0.